The Bertz CT molecular complexity index is 284. The summed E-state index contributed by atoms with van der Waals surface area (Å²) >= 11 is 5.94. The molecule has 0 heterocycles. The van der Waals surface area contributed by atoms with Crippen molar-refractivity contribution in [2.75, 3.05) is 7.11 Å². The van der Waals surface area contributed by atoms with Crippen LogP contribution < -0.4 is 0 Å². The summed E-state index contributed by atoms with van der Waals surface area (Å²) in [5.74, 6) is 0. The van der Waals surface area contributed by atoms with Crippen molar-refractivity contribution < 1.29 is 9.84 Å². The molecule has 1 N–H and O–H groups in total. The Morgan fingerprint density at radius 2 is 2.23 bits per heavy atom. The second-order valence-electron chi connectivity index (χ2n) is 2.92. The molecule has 3 heteroatoms. The van der Waals surface area contributed by atoms with Crippen LogP contribution in [0.15, 0.2) is 18.2 Å². The molecule has 1 rings (SSSR count). The molecule has 1 aromatic carbocycles. The predicted octanol–water partition coefficient (Wildman–Crippen LogP) is 2.54. The van der Waals surface area contributed by atoms with Crippen LogP contribution in [0.2, 0.25) is 5.02 Å². The first kappa shape index (κ1) is 10.5. The number of hydrogen-bond donors (Lipinski definition) is 1. The molecule has 0 aromatic heterocycles. The zero-order valence-electron chi connectivity index (χ0n) is 7.75. The summed E-state index contributed by atoms with van der Waals surface area (Å²) in [7, 11) is 1.62. The van der Waals surface area contributed by atoms with Crippen molar-refractivity contribution in [2.24, 2.45) is 0 Å². The lowest BCUT2D eigenvalue weighted by atomic mass is 10.0. The highest BCUT2D eigenvalue weighted by Crippen LogP contribution is 2.26. The fourth-order valence-corrected chi connectivity index (χ4v) is 1.68. The van der Waals surface area contributed by atoms with Gasteiger partial charge in [-0.25, -0.2) is 0 Å². The van der Waals surface area contributed by atoms with E-state index in [0.717, 1.165) is 11.1 Å². The van der Waals surface area contributed by atoms with Crippen LogP contribution in [0.5, 0.6) is 0 Å². The van der Waals surface area contributed by atoms with Gasteiger partial charge < -0.3 is 9.84 Å². The molecule has 1 unspecified atom stereocenters. The van der Waals surface area contributed by atoms with E-state index in [1.807, 2.05) is 12.1 Å². The average Bonchev–Trinajstić information content (AvgIpc) is 2.04. The molecule has 0 fully saturated rings. The Kier molecular flexibility index (Phi) is 3.72. The van der Waals surface area contributed by atoms with Crippen LogP contribution in [-0.4, -0.2) is 12.2 Å². The zero-order chi connectivity index (χ0) is 9.84. The summed E-state index contributed by atoms with van der Waals surface area (Å²) in [6.45, 7) is 2.17. The first-order valence-corrected chi connectivity index (χ1v) is 4.49. The van der Waals surface area contributed by atoms with E-state index < -0.39 is 6.10 Å². The summed E-state index contributed by atoms with van der Waals surface area (Å²) in [5.41, 5.74) is 1.69. The smallest absolute Gasteiger partial charge is 0.0779 e. The van der Waals surface area contributed by atoms with E-state index in [4.69, 9.17) is 16.3 Å². The number of halogens is 1. The van der Waals surface area contributed by atoms with E-state index in [0.29, 0.717) is 11.6 Å². The molecule has 0 aliphatic carbocycles. The number of hydrogen-bond acceptors (Lipinski definition) is 2. The van der Waals surface area contributed by atoms with Crippen LogP contribution in [0, 0.1) is 0 Å². The van der Waals surface area contributed by atoms with Gasteiger partial charge in [0.1, 0.15) is 0 Å². The lowest BCUT2D eigenvalue weighted by molar-refractivity contribution is 0.171. The van der Waals surface area contributed by atoms with Crippen LogP contribution in [0.1, 0.15) is 24.2 Å². The molecular formula is C10H13ClO2. The van der Waals surface area contributed by atoms with E-state index in [9.17, 15) is 5.11 Å². The Labute approximate surface area is 83.1 Å². The number of methoxy groups -OCH3 is 1. The molecule has 0 radical (unpaired) electrons. The minimum Gasteiger partial charge on any atom is -0.389 e. The van der Waals surface area contributed by atoms with Gasteiger partial charge in [0, 0.05) is 17.7 Å². The van der Waals surface area contributed by atoms with Crippen molar-refractivity contribution in [1.29, 1.82) is 0 Å². The third-order valence-corrected chi connectivity index (χ3v) is 2.19. The molecular weight excluding hydrogens is 188 g/mol. The second kappa shape index (κ2) is 4.61. The summed E-state index contributed by atoms with van der Waals surface area (Å²) in [6, 6.07) is 5.52. The highest BCUT2D eigenvalue weighted by atomic mass is 35.5. The molecule has 0 saturated carbocycles. The van der Waals surface area contributed by atoms with Gasteiger partial charge in [0.05, 0.1) is 12.7 Å². The van der Waals surface area contributed by atoms with Crippen molar-refractivity contribution in [2.45, 2.75) is 19.6 Å². The minimum absolute atomic E-state index is 0.473. The van der Waals surface area contributed by atoms with Gasteiger partial charge in [-0.3, -0.25) is 0 Å². The molecule has 0 bridgehead atoms. The van der Waals surface area contributed by atoms with E-state index in [1.54, 1.807) is 20.1 Å². The fourth-order valence-electron chi connectivity index (χ4n) is 1.33. The Morgan fingerprint density at radius 3 is 2.77 bits per heavy atom. The molecule has 0 aliphatic rings. The van der Waals surface area contributed by atoms with Gasteiger partial charge >= 0.3 is 0 Å². The minimum atomic E-state index is -0.557. The van der Waals surface area contributed by atoms with Crippen LogP contribution in [0.25, 0.3) is 0 Å². The maximum Gasteiger partial charge on any atom is 0.0779 e. The molecule has 0 aliphatic heterocycles. The SMILES string of the molecule is COCc1cccc(Cl)c1C(C)O. The molecule has 2 nitrogen and oxygen atoms in total. The molecule has 72 valence electrons. The second-order valence-corrected chi connectivity index (χ2v) is 3.33. The van der Waals surface area contributed by atoms with Gasteiger partial charge in [-0.05, 0) is 18.6 Å². The summed E-state index contributed by atoms with van der Waals surface area (Å²) < 4.78 is 5.00. The molecule has 1 aromatic rings. The van der Waals surface area contributed by atoms with E-state index in [1.165, 1.54) is 0 Å². The number of rotatable bonds is 3. The van der Waals surface area contributed by atoms with Gasteiger partial charge in [-0.1, -0.05) is 23.7 Å². The van der Waals surface area contributed by atoms with Crippen molar-refractivity contribution in [3.63, 3.8) is 0 Å². The Hall–Kier alpha value is -0.570. The lowest BCUT2D eigenvalue weighted by Crippen LogP contribution is -2.00. The molecule has 1 atom stereocenters. The highest BCUT2D eigenvalue weighted by Gasteiger charge is 2.11. The number of aliphatic hydroxyl groups excluding tert-OH is 1. The quantitative estimate of drug-likeness (QED) is 0.813. The van der Waals surface area contributed by atoms with E-state index in [2.05, 4.69) is 0 Å². The normalized spacial score (nSPS) is 12.9. The molecule has 13 heavy (non-hydrogen) atoms. The van der Waals surface area contributed by atoms with Crippen molar-refractivity contribution >= 4 is 11.6 Å². The first-order valence-electron chi connectivity index (χ1n) is 4.11. The number of benzene rings is 1. The zero-order valence-corrected chi connectivity index (χ0v) is 8.51. The average molecular weight is 201 g/mol. The molecule has 0 saturated heterocycles. The molecule has 0 spiro atoms. The van der Waals surface area contributed by atoms with E-state index in [-0.39, 0.29) is 0 Å². The Morgan fingerprint density at radius 1 is 1.54 bits per heavy atom. The van der Waals surface area contributed by atoms with Crippen LogP contribution in [-0.2, 0) is 11.3 Å². The van der Waals surface area contributed by atoms with E-state index >= 15 is 0 Å². The third-order valence-electron chi connectivity index (χ3n) is 1.86. The van der Waals surface area contributed by atoms with Gasteiger partial charge in [0.15, 0.2) is 0 Å². The Balaban J connectivity index is 3.10. The summed E-state index contributed by atoms with van der Waals surface area (Å²) in [5, 5.41) is 10.1. The summed E-state index contributed by atoms with van der Waals surface area (Å²) in [6.07, 6.45) is -0.557. The van der Waals surface area contributed by atoms with Gasteiger partial charge in [-0.15, -0.1) is 0 Å². The molecule has 0 amide bonds. The van der Waals surface area contributed by atoms with Gasteiger partial charge in [0.25, 0.3) is 0 Å². The lowest BCUT2D eigenvalue weighted by Gasteiger charge is -2.12. The monoisotopic (exact) mass is 200 g/mol. The standard InChI is InChI=1S/C10H13ClO2/c1-7(12)10-8(6-13-2)4-3-5-9(10)11/h3-5,7,12H,6H2,1-2H3. The third kappa shape index (κ3) is 2.44. The first-order chi connectivity index (χ1) is 6.16. The van der Waals surface area contributed by atoms with Gasteiger partial charge in [-0.2, -0.15) is 0 Å². The fraction of sp³-hybridized carbons (Fsp3) is 0.400. The van der Waals surface area contributed by atoms with Crippen LogP contribution >= 0.6 is 11.6 Å². The van der Waals surface area contributed by atoms with Crippen molar-refractivity contribution in [3.05, 3.63) is 34.3 Å². The van der Waals surface area contributed by atoms with Crippen LogP contribution in [0.4, 0.5) is 0 Å². The largest absolute Gasteiger partial charge is 0.389 e. The highest BCUT2D eigenvalue weighted by molar-refractivity contribution is 6.31. The maximum atomic E-state index is 9.47. The predicted molar refractivity (Wildman–Crippen MR) is 52.8 cm³/mol. The van der Waals surface area contributed by atoms with Crippen LogP contribution in [0.3, 0.4) is 0 Å². The van der Waals surface area contributed by atoms with Crippen molar-refractivity contribution in [3.8, 4) is 0 Å². The number of aliphatic hydroxyl groups is 1. The number of ether oxygens (including phenoxy) is 1. The summed E-state index contributed by atoms with van der Waals surface area (Å²) in [4.78, 5) is 0. The topological polar surface area (TPSA) is 29.5 Å². The van der Waals surface area contributed by atoms with Gasteiger partial charge in [0.2, 0.25) is 0 Å². The van der Waals surface area contributed by atoms with Crippen molar-refractivity contribution in [1.82, 2.24) is 0 Å². The maximum absolute atomic E-state index is 9.47.